The number of hydrogen-bond acceptors (Lipinski definition) is 3. The van der Waals surface area contributed by atoms with Gasteiger partial charge < -0.3 is 11.1 Å². The highest BCUT2D eigenvalue weighted by molar-refractivity contribution is 5.85. The summed E-state index contributed by atoms with van der Waals surface area (Å²) in [5.41, 5.74) is 6.04. The Morgan fingerprint density at radius 1 is 1.24 bits per heavy atom. The molecule has 1 atom stereocenters. The van der Waals surface area contributed by atoms with Crippen LogP contribution in [0.15, 0.2) is 0 Å². The quantitative estimate of drug-likeness (QED) is 0.722. The molecule has 2 aliphatic carbocycles. The van der Waals surface area contributed by atoms with Gasteiger partial charge in [-0.1, -0.05) is 39.0 Å². The third-order valence-corrected chi connectivity index (χ3v) is 4.82. The first kappa shape index (κ1) is 18.7. The van der Waals surface area contributed by atoms with E-state index in [0.29, 0.717) is 5.92 Å². The van der Waals surface area contributed by atoms with Crippen molar-refractivity contribution in [1.82, 2.24) is 10.2 Å². The molecule has 5 heteroatoms. The lowest BCUT2D eigenvalue weighted by Crippen LogP contribution is -2.44. The molecule has 2 rings (SSSR count). The predicted octanol–water partition coefficient (Wildman–Crippen LogP) is 2.31. The van der Waals surface area contributed by atoms with Gasteiger partial charge in [-0.25, -0.2) is 0 Å². The predicted molar refractivity (Wildman–Crippen MR) is 89.7 cm³/mol. The van der Waals surface area contributed by atoms with Gasteiger partial charge in [-0.05, 0) is 31.7 Å². The first-order valence-electron chi connectivity index (χ1n) is 8.48. The number of carbonyl (C=O) groups excluding carboxylic acids is 1. The zero-order chi connectivity index (χ0) is 14.4. The molecule has 0 radical (unpaired) electrons. The van der Waals surface area contributed by atoms with E-state index in [1.165, 1.54) is 44.9 Å². The average molecular weight is 318 g/mol. The SMILES string of the molecule is CCN(CCNC(=O)C(N)CC1CCCCC1)C1CC1.Cl. The van der Waals surface area contributed by atoms with Crippen LogP contribution >= 0.6 is 12.4 Å². The van der Waals surface area contributed by atoms with E-state index < -0.39 is 0 Å². The van der Waals surface area contributed by atoms with Crippen LogP contribution in [-0.2, 0) is 4.79 Å². The number of nitrogens with one attached hydrogen (secondary N) is 1. The van der Waals surface area contributed by atoms with E-state index in [9.17, 15) is 4.79 Å². The first-order chi connectivity index (χ1) is 9.70. The molecule has 0 aliphatic heterocycles. The molecular formula is C16H32ClN3O. The largest absolute Gasteiger partial charge is 0.353 e. The number of carbonyl (C=O) groups is 1. The van der Waals surface area contributed by atoms with Crippen LogP contribution < -0.4 is 11.1 Å². The second kappa shape index (κ2) is 9.65. The maximum absolute atomic E-state index is 12.0. The Bertz CT molecular complexity index is 304. The highest BCUT2D eigenvalue weighted by Crippen LogP contribution is 2.27. The van der Waals surface area contributed by atoms with E-state index in [4.69, 9.17) is 5.73 Å². The maximum atomic E-state index is 12.0. The van der Waals surface area contributed by atoms with Gasteiger partial charge in [0, 0.05) is 19.1 Å². The second-order valence-corrected chi connectivity index (χ2v) is 6.50. The van der Waals surface area contributed by atoms with Crippen molar-refractivity contribution in [2.45, 2.75) is 70.4 Å². The highest BCUT2D eigenvalue weighted by Gasteiger charge is 2.27. The van der Waals surface area contributed by atoms with Gasteiger partial charge in [-0.3, -0.25) is 9.69 Å². The number of amides is 1. The molecule has 2 fully saturated rings. The van der Waals surface area contributed by atoms with Crippen LogP contribution in [0.2, 0.25) is 0 Å². The van der Waals surface area contributed by atoms with Crippen molar-refractivity contribution in [2.75, 3.05) is 19.6 Å². The van der Waals surface area contributed by atoms with Gasteiger partial charge in [0.25, 0.3) is 0 Å². The number of hydrogen-bond donors (Lipinski definition) is 2. The van der Waals surface area contributed by atoms with Crippen molar-refractivity contribution in [1.29, 1.82) is 0 Å². The maximum Gasteiger partial charge on any atom is 0.236 e. The lowest BCUT2D eigenvalue weighted by molar-refractivity contribution is -0.122. The molecule has 21 heavy (non-hydrogen) atoms. The molecular weight excluding hydrogens is 286 g/mol. The summed E-state index contributed by atoms with van der Waals surface area (Å²) < 4.78 is 0. The number of likely N-dealkylation sites (N-methyl/N-ethyl adjacent to an activating group) is 1. The molecule has 0 bridgehead atoms. The molecule has 0 aromatic rings. The Labute approximate surface area is 135 Å². The van der Waals surface area contributed by atoms with E-state index >= 15 is 0 Å². The van der Waals surface area contributed by atoms with Crippen LogP contribution in [-0.4, -0.2) is 42.5 Å². The number of rotatable bonds is 8. The Kier molecular flexibility index (Phi) is 8.60. The highest BCUT2D eigenvalue weighted by atomic mass is 35.5. The normalized spacial score (nSPS) is 20.9. The smallest absolute Gasteiger partial charge is 0.236 e. The first-order valence-corrected chi connectivity index (χ1v) is 8.48. The summed E-state index contributed by atoms with van der Waals surface area (Å²) in [7, 11) is 0. The van der Waals surface area contributed by atoms with Crippen LogP contribution in [0.3, 0.4) is 0 Å². The molecule has 124 valence electrons. The van der Waals surface area contributed by atoms with Crippen molar-refractivity contribution < 1.29 is 4.79 Å². The van der Waals surface area contributed by atoms with Gasteiger partial charge >= 0.3 is 0 Å². The summed E-state index contributed by atoms with van der Waals surface area (Å²) in [6, 6.07) is 0.460. The van der Waals surface area contributed by atoms with Crippen LogP contribution in [0.1, 0.15) is 58.3 Å². The molecule has 0 aromatic carbocycles. The second-order valence-electron chi connectivity index (χ2n) is 6.50. The molecule has 0 heterocycles. The molecule has 4 nitrogen and oxygen atoms in total. The molecule has 1 amide bonds. The zero-order valence-electron chi connectivity index (χ0n) is 13.4. The summed E-state index contributed by atoms with van der Waals surface area (Å²) in [5, 5.41) is 3.01. The van der Waals surface area contributed by atoms with Crippen LogP contribution in [0.4, 0.5) is 0 Å². The van der Waals surface area contributed by atoms with Crippen molar-refractivity contribution in [2.24, 2.45) is 11.7 Å². The topological polar surface area (TPSA) is 58.4 Å². The number of nitrogens with two attached hydrogens (primary N) is 1. The minimum Gasteiger partial charge on any atom is -0.353 e. The molecule has 0 aromatic heterocycles. The van der Waals surface area contributed by atoms with Gasteiger partial charge in [0.1, 0.15) is 0 Å². The van der Waals surface area contributed by atoms with E-state index in [2.05, 4.69) is 17.1 Å². The van der Waals surface area contributed by atoms with E-state index in [1.54, 1.807) is 0 Å². The summed E-state index contributed by atoms with van der Waals surface area (Å²) in [6.07, 6.45) is 10.0. The summed E-state index contributed by atoms with van der Waals surface area (Å²) in [6.45, 7) is 4.97. The summed E-state index contributed by atoms with van der Waals surface area (Å²) >= 11 is 0. The third kappa shape index (κ3) is 6.54. The molecule has 2 saturated carbocycles. The van der Waals surface area contributed by atoms with Crippen LogP contribution in [0, 0.1) is 5.92 Å². The summed E-state index contributed by atoms with van der Waals surface area (Å²) in [5.74, 6) is 0.713. The Morgan fingerprint density at radius 2 is 1.90 bits per heavy atom. The molecule has 0 saturated heterocycles. The monoisotopic (exact) mass is 317 g/mol. The van der Waals surface area contributed by atoms with Crippen LogP contribution in [0.5, 0.6) is 0 Å². The number of halogens is 1. The Morgan fingerprint density at radius 3 is 2.48 bits per heavy atom. The zero-order valence-corrected chi connectivity index (χ0v) is 14.2. The van der Waals surface area contributed by atoms with E-state index in [0.717, 1.165) is 32.1 Å². The fraction of sp³-hybridized carbons (Fsp3) is 0.938. The molecule has 2 aliphatic rings. The van der Waals surface area contributed by atoms with E-state index in [-0.39, 0.29) is 24.4 Å². The van der Waals surface area contributed by atoms with Crippen molar-refractivity contribution in [3.05, 3.63) is 0 Å². The molecule has 0 spiro atoms. The van der Waals surface area contributed by atoms with Crippen LogP contribution in [0.25, 0.3) is 0 Å². The van der Waals surface area contributed by atoms with Crippen molar-refractivity contribution in [3.8, 4) is 0 Å². The molecule has 3 N–H and O–H groups in total. The molecule has 1 unspecified atom stereocenters. The van der Waals surface area contributed by atoms with Gasteiger partial charge in [0.05, 0.1) is 6.04 Å². The third-order valence-electron chi connectivity index (χ3n) is 4.82. The van der Waals surface area contributed by atoms with Crippen molar-refractivity contribution in [3.63, 3.8) is 0 Å². The Balaban J connectivity index is 0.00000220. The Hall–Kier alpha value is -0.320. The minimum absolute atomic E-state index is 0. The average Bonchev–Trinajstić information content (AvgIpc) is 3.29. The summed E-state index contributed by atoms with van der Waals surface area (Å²) in [4.78, 5) is 14.5. The number of nitrogens with zero attached hydrogens (tertiary/aromatic N) is 1. The van der Waals surface area contributed by atoms with Gasteiger partial charge in [0.15, 0.2) is 0 Å². The van der Waals surface area contributed by atoms with Gasteiger partial charge in [-0.2, -0.15) is 0 Å². The fourth-order valence-corrected chi connectivity index (χ4v) is 3.38. The van der Waals surface area contributed by atoms with Gasteiger partial charge in [-0.15, -0.1) is 12.4 Å². The minimum atomic E-state index is -0.311. The lowest BCUT2D eigenvalue weighted by Gasteiger charge is -2.24. The van der Waals surface area contributed by atoms with E-state index in [1.807, 2.05) is 0 Å². The van der Waals surface area contributed by atoms with Crippen molar-refractivity contribution >= 4 is 18.3 Å². The lowest BCUT2D eigenvalue weighted by atomic mass is 9.85. The standard InChI is InChI=1S/C16H31N3O.ClH/c1-2-19(14-8-9-14)11-10-18-16(20)15(17)12-13-6-4-3-5-7-13;/h13-15H,2-12,17H2,1H3,(H,18,20);1H. The fourth-order valence-electron chi connectivity index (χ4n) is 3.38. The van der Waals surface area contributed by atoms with Gasteiger partial charge in [0.2, 0.25) is 5.91 Å².